The van der Waals surface area contributed by atoms with Crippen LogP contribution in [0.1, 0.15) is 45.1 Å². The van der Waals surface area contributed by atoms with Crippen LogP contribution >= 0.6 is 0 Å². The number of hydrogen-bond donors (Lipinski definition) is 2. The van der Waals surface area contributed by atoms with Gasteiger partial charge in [0.15, 0.2) is 0 Å². The van der Waals surface area contributed by atoms with E-state index in [4.69, 9.17) is 4.74 Å². The molecule has 2 aliphatic rings. The summed E-state index contributed by atoms with van der Waals surface area (Å²) in [5.74, 6) is 1.32. The third-order valence-electron chi connectivity index (χ3n) is 4.45. The van der Waals surface area contributed by atoms with E-state index in [1.165, 1.54) is 11.6 Å². The standard InChI is InChI=1S/C16H20O3/c1-9-4-5-12-11(6-9)15-13(18)7-10(17)8-14(15)19-16(12,2)3/h6-8,11-12,17-18H,4-5H2,1-3H3. The van der Waals surface area contributed by atoms with Gasteiger partial charge in [-0.1, -0.05) is 11.6 Å². The van der Waals surface area contributed by atoms with E-state index in [-0.39, 0.29) is 23.0 Å². The number of allylic oxidation sites excluding steroid dienone is 2. The fraction of sp³-hybridized carbons (Fsp3) is 0.500. The van der Waals surface area contributed by atoms with Gasteiger partial charge in [0.2, 0.25) is 0 Å². The van der Waals surface area contributed by atoms with Gasteiger partial charge >= 0.3 is 0 Å². The molecule has 1 aromatic carbocycles. The molecule has 2 atom stereocenters. The first-order chi connectivity index (χ1) is 8.88. The van der Waals surface area contributed by atoms with Crippen molar-refractivity contribution in [2.45, 2.75) is 45.1 Å². The summed E-state index contributed by atoms with van der Waals surface area (Å²) in [6.45, 7) is 6.31. The molecule has 1 aromatic rings. The highest BCUT2D eigenvalue weighted by Crippen LogP contribution is 2.53. The highest BCUT2D eigenvalue weighted by atomic mass is 16.5. The number of ether oxygens (including phenoxy) is 1. The molecule has 0 saturated carbocycles. The molecule has 0 aromatic heterocycles. The minimum Gasteiger partial charge on any atom is -0.508 e. The van der Waals surface area contributed by atoms with Gasteiger partial charge in [0, 0.05) is 29.5 Å². The fourth-order valence-electron chi connectivity index (χ4n) is 3.51. The van der Waals surface area contributed by atoms with Crippen LogP contribution in [-0.2, 0) is 0 Å². The number of benzene rings is 1. The second-order valence-electron chi connectivity index (χ2n) is 6.27. The summed E-state index contributed by atoms with van der Waals surface area (Å²) in [4.78, 5) is 0. The Bertz CT molecular complexity index is 557. The minimum atomic E-state index is -0.283. The van der Waals surface area contributed by atoms with Gasteiger partial charge in [0.1, 0.15) is 22.8 Å². The van der Waals surface area contributed by atoms with Crippen LogP contribution in [0.4, 0.5) is 0 Å². The van der Waals surface area contributed by atoms with Crippen LogP contribution in [0, 0.1) is 5.92 Å². The summed E-state index contributed by atoms with van der Waals surface area (Å²) in [5, 5.41) is 19.8. The molecule has 0 spiro atoms. The largest absolute Gasteiger partial charge is 0.508 e. The van der Waals surface area contributed by atoms with Crippen LogP contribution in [0.5, 0.6) is 17.2 Å². The molecule has 0 saturated heterocycles. The predicted octanol–water partition coefficient (Wildman–Crippen LogP) is 3.71. The van der Waals surface area contributed by atoms with E-state index >= 15 is 0 Å². The Hall–Kier alpha value is -1.64. The van der Waals surface area contributed by atoms with Gasteiger partial charge in [-0.2, -0.15) is 0 Å². The quantitative estimate of drug-likeness (QED) is 0.699. The van der Waals surface area contributed by atoms with Gasteiger partial charge in [-0.25, -0.2) is 0 Å². The number of aromatic hydroxyl groups is 2. The number of phenolic OH excluding ortho intramolecular Hbond substituents is 2. The lowest BCUT2D eigenvalue weighted by Crippen LogP contribution is -2.45. The van der Waals surface area contributed by atoms with Crippen LogP contribution in [0.25, 0.3) is 0 Å². The van der Waals surface area contributed by atoms with Gasteiger partial charge in [0.05, 0.1) is 0 Å². The van der Waals surface area contributed by atoms with Crippen LogP contribution in [0.2, 0.25) is 0 Å². The highest BCUT2D eigenvalue weighted by molar-refractivity contribution is 5.55. The minimum absolute atomic E-state index is 0.0435. The maximum absolute atomic E-state index is 10.2. The average molecular weight is 260 g/mol. The number of hydrogen-bond acceptors (Lipinski definition) is 3. The van der Waals surface area contributed by atoms with Crippen molar-refractivity contribution in [2.24, 2.45) is 5.92 Å². The predicted molar refractivity (Wildman–Crippen MR) is 73.7 cm³/mol. The fourth-order valence-corrected chi connectivity index (χ4v) is 3.51. The van der Waals surface area contributed by atoms with Crippen molar-refractivity contribution in [3.05, 3.63) is 29.3 Å². The Morgan fingerprint density at radius 2 is 2.00 bits per heavy atom. The molecule has 0 amide bonds. The first kappa shape index (κ1) is 12.4. The van der Waals surface area contributed by atoms with Crippen molar-refractivity contribution < 1.29 is 14.9 Å². The maximum atomic E-state index is 10.2. The van der Waals surface area contributed by atoms with Gasteiger partial charge in [-0.3, -0.25) is 0 Å². The monoisotopic (exact) mass is 260 g/mol. The molecular weight excluding hydrogens is 240 g/mol. The average Bonchev–Trinajstić information content (AvgIpc) is 2.25. The lowest BCUT2D eigenvalue weighted by Gasteiger charge is -2.46. The van der Waals surface area contributed by atoms with Crippen LogP contribution < -0.4 is 4.74 Å². The van der Waals surface area contributed by atoms with E-state index in [1.807, 2.05) is 0 Å². The summed E-state index contributed by atoms with van der Waals surface area (Å²) >= 11 is 0. The molecule has 0 radical (unpaired) electrons. The van der Waals surface area contributed by atoms with Gasteiger partial charge in [0.25, 0.3) is 0 Å². The van der Waals surface area contributed by atoms with E-state index in [2.05, 4.69) is 26.8 Å². The summed E-state index contributed by atoms with van der Waals surface area (Å²) in [6, 6.07) is 3.00. The van der Waals surface area contributed by atoms with E-state index in [9.17, 15) is 10.2 Å². The molecule has 3 heteroatoms. The Kier molecular flexibility index (Phi) is 2.56. The van der Waals surface area contributed by atoms with E-state index in [1.54, 1.807) is 6.07 Å². The van der Waals surface area contributed by atoms with E-state index in [0.717, 1.165) is 18.4 Å². The van der Waals surface area contributed by atoms with Crippen molar-refractivity contribution >= 4 is 0 Å². The van der Waals surface area contributed by atoms with Crippen LogP contribution in [0.15, 0.2) is 23.8 Å². The first-order valence-corrected chi connectivity index (χ1v) is 6.80. The Labute approximate surface area is 113 Å². The lowest BCUT2D eigenvalue weighted by molar-refractivity contribution is 0.0106. The third kappa shape index (κ3) is 1.88. The van der Waals surface area contributed by atoms with Crippen LogP contribution in [0.3, 0.4) is 0 Å². The Balaban J connectivity index is 2.21. The second-order valence-corrected chi connectivity index (χ2v) is 6.27. The van der Waals surface area contributed by atoms with Gasteiger partial charge < -0.3 is 14.9 Å². The van der Waals surface area contributed by atoms with Gasteiger partial charge in [-0.05, 0) is 33.6 Å². The smallest absolute Gasteiger partial charge is 0.131 e. The molecule has 0 bridgehead atoms. The summed E-state index contributed by atoms with van der Waals surface area (Å²) in [7, 11) is 0. The van der Waals surface area contributed by atoms with Crippen molar-refractivity contribution in [1.82, 2.24) is 0 Å². The Morgan fingerprint density at radius 1 is 1.26 bits per heavy atom. The van der Waals surface area contributed by atoms with E-state index in [0.29, 0.717) is 11.7 Å². The molecule has 1 aliphatic heterocycles. The number of fused-ring (bicyclic) bond motifs is 3. The lowest BCUT2D eigenvalue weighted by atomic mass is 9.68. The summed E-state index contributed by atoms with van der Waals surface area (Å²) in [5.41, 5.74) is 1.90. The van der Waals surface area contributed by atoms with Gasteiger partial charge in [-0.15, -0.1) is 0 Å². The molecule has 19 heavy (non-hydrogen) atoms. The molecule has 2 unspecified atom stereocenters. The highest BCUT2D eigenvalue weighted by Gasteiger charge is 2.45. The molecule has 3 rings (SSSR count). The first-order valence-electron chi connectivity index (χ1n) is 6.80. The zero-order valence-corrected chi connectivity index (χ0v) is 11.6. The number of rotatable bonds is 0. The van der Waals surface area contributed by atoms with Crippen molar-refractivity contribution in [3.63, 3.8) is 0 Å². The molecule has 1 aliphatic carbocycles. The molecule has 102 valence electrons. The molecule has 2 N–H and O–H groups in total. The third-order valence-corrected chi connectivity index (χ3v) is 4.45. The zero-order valence-electron chi connectivity index (χ0n) is 11.6. The summed E-state index contributed by atoms with van der Waals surface area (Å²) in [6.07, 6.45) is 4.40. The molecular formula is C16H20O3. The maximum Gasteiger partial charge on any atom is 0.131 e. The molecule has 3 nitrogen and oxygen atoms in total. The summed E-state index contributed by atoms with van der Waals surface area (Å²) < 4.78 is 6.04. The van der Waals surface area contributed by atoms with Crippen molar-refractivity contribution in [2.75, 3.05) is 0 Å². The van der Waals surface area contributed by atoms with Crippen molar-refractivity contribution in [3.8, 4) is 17.2 Å². The SMILES string of the molecule is CC1=CC2c3c(O)cc(O)cc3OC(C)(C)C2CC1. The van der Waals surface area contributed by atoms with Crippen molar-refractivity contribution in [1.29, 1.82) is 0 Å². The number of phenols is 2. The second kappa shape index (κ2) is 3.92. The topological polar surface area (TPSA) is 49.7 Å². The zero-order chi connectivity index (χ0) is 13.8. The normalized spacial score (nSPS) is 27.8. The Morgan fingerprint density at radius 3 is 2.74 bits per heavy atom. The molecule has 0 fully saturated rings. The molecule has 1 heterocycles. The van der Waals surface area contributed by atoms with Crippen LogP contribution in [-0.4, -0.2) is 15.8 Å². The van der Waals surface area contributed by atoms with E-state index < -0.39 is 0 Å².